The molecule has 0 atom stereocenters. The fourth-order valence-electron chi connectivity index (χ4n) is 1.92. The standard InChI is InChI=1S/C14H14FN5O/c1-3-16-14-19-12-11(17-7-18-12)13(20-14)21-9-6-4-5-8(2)10(9)15/h4-7H,3H2,1-2H3,(H2,16,17,18,19,20). The Hall–Kier alpha value is -2.70. The Morgan fingerprint density at radius 3 is 3.00 bits per heavy atom. The predicted octanol–water partition coefficient (Wildman–Crippen LogP) is 3.02. The number of hydrogen-bond acceptors (Lipinski definition) is 5. The molecule has 2 aromatic heterocycles. The van der Waals surface area contributed by atoms with Gasteiger partial charge in [-0.05, 0) is 25.5 Å². The second kappa shape index (κ2) is 5.35. The average Bonchev–Trinajstić information content (AvgIpc) is 2.93. The van der Waals surface area contributed by atoms with Crippen LogP contribution in [0.5, 0.6) is 11.6 Å². The molecular weight excluding hydrogens is 273 g/mol. The molecule has 0 saturated heterocycles. The first-order chi connectivity index (χ1) is 10.2. The van der Waals surface area contributed by atoms with Gasteiger partial charge in [-0.15, -0.1) is 0 Å². The van der Waals surface area contributed by atoms with E-state index in [1.165, 1.54) is 6.33 Å². The van der Waals surface area contributed by atoms with Crippen LogP contribution in [0.1, 0.15) is 12.5 Å². The van der Waals surface area contributed by atoms with Gasteiger partial charge in [0.05, 0.1) is 6.33 Å². The predicted molar refractivity (Wildman–Crippen MR) is 77.1 cm³/mol. The molecular formula is C14H14FN5O. The van der Waals surface area contributed by atoms with Gasteiger partial charge in [-0.1, -0.05) is 12.1 Å². The number of benzene rings is 1. The molecule has 3 aromatic rings. The zero-order valence-corrected chi connectivity index (χ0v) is 11.6. The Kier molecular flexibility index (Phi) is 3.39. The smallest absolute Gasteiger partial charge is 0.250 e. The minimum Gasteiger partial charge on any atom is -0.434 e. The first-order valence-corrected chi connectivity index (χ1v) is 6.57. The lowest BCUT2D eigenvalue weighted by Crippen LogP contribution is -2.04. The topological polar surface area (TPSA) is 75.7 Å². The largest absolute Gasteiger partial charge is 0.434 e. The first kappa shape index (κ1) is 13.3. The number of nitrogens with one attached hydrogen (secondary N) is 2. The van der Waals surface area contributed by atoms with E-state index in [0.29, 0.717) is 29.2 Å². The highest BCUT2D eigenvalue weighted by atomic mass is 19.1. The maximum Gasteiger partial charge on any atom is 0.250 e. The van der Waals surface area contributed by atoms with E-state index in [2.05, 4.69) is 25.3 Å². The van der Waals surface area contributed by atoms with E-state index in [9.17, 15) is 4.39 Å². The molecule has 0 bridgehead atoms. The molecule has 0 radical (unpaired) electrons. The number of halogens is 1. The number of imidazole rings is 1. The summed E-state index contributed by atoms with van der Waals surface area (Å²) in [4.78, 5) is 15.5. The van der Waals surface area contributed by atoms with Crippen LogP contribution < -0.4 is 10.1 Å². The zero-order chi connectivity index (χ0) is 14.8. The fourth-order valence-corrected chi connectivity index (χ4v) is 1.92. The number of aromatic amines is 1. The lowest BCUT2D eigenvalue weighted by Gasteiger charge is -2.09. The summed E-state index contributed by atoms with van der Waals surface area (Å²) in [5, 5.41) is 2.99. The van der Waals surface area contributed by atoms with Crippen molar-refractivity contribution < 1.29 is 9.13 Å². The molecule has 2 N–H and O–H groups in total. The van der Waals surface area contributed by atoms with Gasteiger partial charge in [0.25, 0.3) is 5.88 Å². The average molecular weight is 287 g/mol. The van der Waals surface area contributed by atoms with Crippen molar-refractivity contribution in [1.29, 1.82) is 0 Å². The minimum absolute atomic E-state index is 0.118. The summed E-state index contributed by atoms with van der Waals surface area (Å²) in [6.45, 7) is 4.27. The van der Waals surface area contributed by atoms with E-state index in [4.69, 9.17) is 4.74 Å². The number of aromatic nitrogens is 4. The third-order valence-corrected chi connectivity index (χ3v) is 2.95. The number of aryl methyl sites for hydroxylation is 1. The number of H-pyrrole nitrogens is 1. The van der Waals surface area contributed by atoms with Crippen LogP contribution in [0.15, 0.2) is 24.5 Å². The van der Waals surface area contributed by atoms with E-state index in [0.717, 1.165) is 0 Å². The monoisotopic (exact) mass is 287 g/mol. The molecule has 0 aliphatic rings. The summed E-state index contributed by atoms with van der Waals surface area (Å²) < 4.78 is 19.7. The Labute approximate surface area is 120 Å². The number of hydrogen-bond donors (Lipinski definition) is 2. The van der Waals surface area contributed by atoms with Crippen LogP contribution in [0.4, 0.5) is 10.3 Å². The van der Waals surface area contributed by atoms with Crippen LogP contribution in [0.25, 0.3) is 11.2 Å². The second-order valence-electron chi connectivity index (χ2n) is 4.47. The first-order valence-electron chi connectivity index (χ1n) is 6.57. The van der Waals surface area contributed by atoms with Gasteiger partial charge in [0.2, 0.25) is 5.95 Å². The summed E-state index contributed by atoms with van der Waals surface area (Å²) in [7, 11) is 0. The highest BCUT2D eigenvalue weighted by Gasteiger charge is 2.14. The van der Waals surface area contributed by atoms with Gasteiger partial charge in [-0.3, -0.25) is 0 Å². The SMILES string of the molecule is CCNc1nc(Oc2cccc(C)c2F)c2[nH]cnc2n1. The number of nitrogens with zero attached hydrogens (tertiary/aromatic N) is 3. The maximum absolute atomic E-state index is 14.1. The normalized spacial score (nSPS) is 10.8. The van der Waals surface area contributed by atoms with Gasteiger partial charge < -0.3 is 15.0 Å². The lowest BCUT2D eigenvalue weighted by molar-refractivity contribution is 0.429. The molecule has 0 amide bonds. The summed E-state index contributed by atoms with van der Waals surface area (Å²) in [5.41, 5.74) is 1.50. The molecule has 6 nitrogen and oxygen atoms in total. The van der Waals surface area contributed by atoms with Crippen molar-refractivity contribution in [3.8, 4) is 11.6 Å². The van der Waals surface area contributed by atoms with Crippen molar-refractivity contribution >= 4 is 17.1 Å². The van der Waals surface area contributed by atoms with Crippen LogP contribution in [0.2, 0.25) is 0 Å². The molecule has 0 fully saturated rings. The van der Waals surface area contributed by atoms with Crippen LogP contribution in [0, 0.1) is 12.7 Å². The number of fused-ring (bicyclic) bond motifs is 1. The van der Waals surface area contributed by atoms with Gasteiger partial charge in [-0.2, -0.15) is 9.97 Å². The van der Waals surface area contributed by atoms with Gasteiger partial charge >= 0.3 is 0 Å². The highest BCUT2D eigenvalue weighted by Crippen LogP contribution is 2.29. The lowest BCUT2D eigenvalue weighted by atomic mass is 10.2. The Morgan fingerprint density at radius 2 is 2.19 bits per heavy atom. The molecule has 108 valence electrons. The maximum atomic E-state index is 14.1. The Morgan fingerprint density at radius 1 is 1.33 bits per heavy atom. The number of anilines is 1. The fraction of sp³-hybridized carbons (Fsp3) is 0.214. The molecule has 0 unspecified atom stereocenters. The van der Waals surface area contributed by atoms with Crippen molar-refractivity contribution in [2.24, 2.45) is 0 Å². The van der Waals surface area contributed by atoms with Crippen molar-refractivity contribution in [2.75, 3.05) is 11.9 Å². The van der Waals surface area contributed by atoms with E-state index in [-0.39, 0.29) is 11.6 Å². The minimum atomic E-state index is -0.409. The number of rotatable bonds is 4. The van der Waals surface area contributed by atoms with E-state index in [1.54, 1.807) is 25.1 Å². The molecule has 0 saturated carbocycles. The van der Waals surface area contributed by atoms with E-state index in [1.807, 2.05) is 6.92 Å². The summed E-state index contributed by atoms with van der Waals surface area (Å²) in [6.07, 6.45) is 1.49. The van der Waals surface area contributed by atoms with Gasteiger partial charge in [0.15, 0.2) is 17.2 Å². The molecule has 1 aromatic carbocycles. The van der Waals surface area contributed by atoms with Crippen LogP contribution in [-0.4, -0.2) is 26.5 Å². The second-order valence-corrected chi connectivity index (χ2v) is 4.47. The summed E-state index contributed by atoms with van der Waals surface area (Å²) >= 11 is 0. The summed E-state index contributed by atoms with van der Waals surface area (Å²) in [5.74, 6) is 0.332. The van der Waals surface area contributed by atoms with Crippen LogP contribution >= 0.6 is 0 Å². The van der Waals surface area contributed by atoms with E-state index < -0.39 is 5.82 Å². The highest BCUT2D eigenvalue weighted by molar-refractivity contribution is 5.77. The zero-order valence-electron chi connectivity index (χ0n) is 11.6. The van der Waals surface area contributed by atoms with Gasteiger partial charge in [0, 0.05) is 6.54 Å². The van der Waals surface area contributed by atoms with Crippen molar-refractivity contribution in [1.82, 2.24) is 19.9 Å². The third-order valence-electron chi connectivity index (χ3n) is 2.95. The summed E-state index contributed by atoms with van der Waals surface area (Å²) in [6, 6.07) is 4.96. The molecule has 21 heavy (non-hydrogen) atoms. The van der Waals surface area contributed by atoms with Crippen molar-refractivity contribution in [2.45, 2.75) is 13.8 Å². The van der Waals surface area contributed by atoms with Gasteiger partial charge in [-0.25, -0.2) is 9.37 Å². The molecule has 0 spiro atoms. The van der Waals surface area contributed by atoms with Crippen LogP contribution in [0.3, 0.4) is 0 Å². The Balaban J connectivity index is 2.06. The third kappa shape index (κ3) is 2.49. The number of ether oxygens (including phenoxy) is 1. The Bertz CT molecular complexity index is 786. The molecule has 2 heterocycles. The quantitative estimate of drug-likeness (QED) is 0.771. The van der Waals surface area contributed by atoms with Crippen molar-refractivity contribution in [3.63, 3.8) is 0 Å². The molecule has 0 aliphatic heterocycles. The molecule has 7 heteroatoms. The molecule has 3 rings (SSSR count). The van der Waals surface area contributed by atoms with Gasteiger partial charge in [0.1, 0.15) is 5.52 Å². The van der Waals surface area contributed by atoms with Crippen molar-refractivity contribution in [3.05, 3.63) is 35.9 Å². The van der Waals surface area contributed by atoms with E-state index >= 15 is 0 Å². The molecule has 0 aliphatic carbocycles. The van der Waals surface area contributed by atoms with Crippen LogP contribution in [-0.2, 0) is 0 Å².